The van der Waals surface area contributed by atoms with Crippen molar-refractivity contribution in [3.8, 4) is 0 Å². The van der Waals surface area contributed by atoms with E-state index >= 15 is 0 Å². The number of aryl methyl sites for hydroxylation is 1. The number of carbonyl (C=O) groups excluding carboxylic acids is 2. The standard InChI is InChI=1S/C21H20N4O2S/c1-13(2)25-16-9-8-14(23-20(26)17-10-11-22-24(17)3)12-19(16)28-18-7-5-4-6-15(18)21(25)27/h4-13H,1-3H3,(H,23,26). The first-order valence-corrected chi connectivity index (χ1v) is 9.81. The summed E-state index contributed by atoms with van der Waals surface area (Å²) in [6.07, 6.45) is 1.59. The Kier molecular flexibility index (Phi) is 4.68. The van der Waals surface area contributed by atoms with Crippen molar-refractivity contribution < 1.29 is 9.59 Å². The molecule has 142 valence electrons. The first-order valence-electron chi connectivity index (χ1n) is 8.99. The van der Waals surface area contributed by atoms with Crippen LogP contribution in [0.4, 0.5) is 11.4 Å². The maximum atomic E-state index is 13.1. The Hall–Kier alpha value is -3.06. The minimum absolute atomic E-state index is 0.00731. The van der Waals surface area contributed by atoms with E-state index in [-0.39, 0.29) is 17.9 Å². The molecule has 0 bridgehead atoms. The van der Waals surface area contributed by atoms with Gasteiger partial charge in [0.1, 0.15) is 5.69 Å². The molecule has 2 heterocycles. The molecule has 0 fully saturated rings. The van der Waals surface area contributed by atoms with Crippen LogP contribution in [0, 0.1) is 0 Å². The number of hydrogen-bond donors (Lipinski definition) is 1. The summed E-state index contributed by atoms with van der Waals surface area (Å²) < 4.78 is 1.53. The maximum Gasteiger partial charge on any atom is 0.273 e. The summed E-state index contributed by atoms with van der Waals surface area (Å²) in [4.78, 5) is 29.3. The Balaban J connectivity index is 1.74. The lowest BCUT2D eigenvalue weighted by Crippen LogP contribution is -2.36. The van der Waals surface area contributed by atoms with Gasteiger partial charge in [-0.3, -0.25) is 14.3 Å². The summed E-state index contributed by atoms with van der Waals surface area (Å²) in [5, 5.41) is 6.95. The zero-order chi connectivity index (χ0) is 19.8. The number of anilines is 2. The topological polar surface area (TPSA) is 67.2 Å². The van der Waals surface area contributed by atoms with E-state index < -0.39 is 0 Å². The van der Waals surface area contributed by atoms with Gasteiger partial charge in [-0.15, -0.1) is 0 Å². The largest absolute Gasteiger partial charge is 0.321 e. The third-order valence-electron chi connectivity index (χ3n) is 4.60. The second-order valence-electron chi connectivity index (χ2n) is 6.84. The number of aromatic nitrogens is 2. The summed E-state index contributed by atoms with van der Waals surface area (Å²) in [7, 11) is 1.73. The van der Waals surface area contributed by atoms with Gasteiger partial charge in [-0.2, -0.15) is 5.10 Å². The van der Waals surface area contributed by atoms with E-state index in [4.69, 9.17) is 0 Å². The Morgan fingerprint density at radius 2 is 1.89 bits per heavy atom. The average molecular weight is 392 g/mol. The quantitative estimate of drug-likeness (QED) is 0.726. The highest BCUT2D eigenvalue weighted by molar-refractivity contribution is 7.99. The molecule has 0 saturated heterocycles. The molecule has 7 heteroatoms. The molecule has 0 atom stereocenters. The van der Waals surface area contributed by atoms with Crippen molar-refractivity contribution >= 4 is 35.0 Å². The van der Waals surface area contributed by atoms with E-state index in [9.17, 15) is 9.59 Å². The molecule has 1 aromatic heterocycles. The van der Waals surface area contributed by atoms with Crippen LogP contribution < -0.4 is 10.2 Å². The second-order valence-corrected chi connectivity index (χ2v) is 7.93. The van der Waals surface area contributed by atoms with Gasteiger partial charge in [-0.25, -0.2) is 0 Å². The third-order valence-corrected chi connectivity index (χ3v) is 5.73. The van der Waals surface area contributed by atoms with Crippen molar-refractivity contribution in [3.63, 3.8) is 0 Å². The number of amides is 2. The summed E-state index contributed by atoms with van der Waals surface area (Å²) in [6, 6.07) is 14.9. The summed E-state index contributed by atoms with van der Waals surface area (Å²) in [5.41, 5.74) is 2.69. The Bertz CT molecular complexity index is 1070. The van der Waals surface area contributed by atoms with Crippen LogP contribution in [-0.4, -0.2) is 27.6 Å². The highest BCUT2D eigenvalue weighted by Crippen LogP contribution is 2.43. The SMILES string of the molecule is CC(C)N1C(=O)c2ccccc2Sc2cc(NC(=O)c3ccnn3C)ccc21. The zero-order valence-electron chi connectivity index (χ0n) is 15.8. The van der Waals surface area contributed by atoms with Gasteiger partial charge in [0.25, 0.3) is 11.8 Å². The number of nitrogens with one attached hydrogen (secondary N) is 1. The fourth-order valence-corrected chi connectivity index (χ4v) is 4.37. The van der Waals surface area contributed by atoms with Crippen molar-refractivity contribution in [2.24, 2.45) is 7.05 Å². The monoisotopic (exact) mass is 392 g/mol. The first-order chi connectivity index (χ1) is 13.5. The molecule has 0 unspecified atom stereocenters. The van der Waals surface area contributed by atoms with Crippen LogP contribution in [-0.2, 0) is 7.05 Å². The fraction of sp³-hybridized carbons (Fsp3) is 0.190. The van der Waals surface area contributed by atoms with Gasteiger partial charge in [-0.05, 0) is 50.2 Å². The Morgan fingerprint density at radius 3 is 2.61 bits per heavy atom. The van der Waals surface area contributed by atoms with E-state index in [1.54, 1.807) is 24.2 Å². The number of hydrogen-bond acceptors (Lipinski definition) is 4. The molecule has 6 nitrogen and oxygen atoms in total. The minimum atomic E-state index is -0.226. The van der Waals surface area contributed by atoms with Crippen LogP contribution in [0.5, 0.6) is 0 Å². The molecule has 2 amide bonds. The predicted molar refractivity (Wildman–Crippen MR) is 110 cm³/mol. The zero-order valence-corrected chi connectivity index (χ0v) is 16.7. The van der Waals surface area contributed by atoms with Gasteiger partial charge in [0.2, 0.25) is 0 Å². The van der Waals surface area contributed by atoms with E-state index in [1.165, 1.54) is 16.4 Å². The van der Waals surface area contributed by atoms with Crippen LogP contribution in [0.2, 0.25) is 0 Å². The van der Waals surface area contributed by atoms with Crippen LogP contribution in [0.25, 0.3) is 0 Å². The Labute approximate surface area is 167 Å². The normalized spacial score (nSPS) is 13.1. The average Bonchev–Trinajstić information content (AvgIpc) is 3.04. The molecule has 4 rings (SSSR count). The second kappa shape index (κ2) is 7.16. The molecule has 1 aliphatic rings. The summed E-state index contributed by atoms with van der Waals surface area (Å²) >= 11 is 1.54. The molecule has 2 aromatic carbocycles. The number of benzene rings is 2. The van der Waals surface area contributed by atoms with Crippen molar-refractivity contribution in [1.82, 2.24) is 9.78 Å². The minimum Gasteiger partial charge on any atom is -0.321 e. The number of rotatable bonds is 3. The molecule has 1 N–H and O–H groups in total. The molecule has 0 aliphatic carbocycles. The molecular weight excluding hydrogens is 372 g/mol. The molecule has 1 aliphatic heterocycles. The number of carbonyl (C=O) groups is 2. The van der Waals surface area contributed by atoms with E-state index in [0.717, 1.165) is 15.5 Å². The smallest absolute Gasteiger partial charge is 0.273 e. The van der Waals surface area contributed by atoms with Crippen LogP contribution >= 0.6 is 11.8 Å². The van der Waals surface area contributed by atoms with Crippen molar-refractivity contribution in [2.75, 3.05) is 10.2 Å². The van der Waals surface area contributed by atoms with Crippen LogP contribution in [0.3, 0.4) is 0 Å². The molecule has 0 radical (unpaired) electrons. The van der Waals surface area contributed by atoms with Crippen LogP contribution in [0.15, 0.2) is 64.5 Å². The van der Waals surface area contributed by atoms with Gasteiger partial charge in [0.15, 0.2) is 0 Å². The first kappa shape index (κ1) is 18.3. The lowest BCUT2D eigenvalue weighted by molar-refractivity contribution is 0.0975. The predicted octanol–water partition coefficient (Wildman–Crippen LogP) is 4.19. The third kappa shape index (κ3) is 3.18. The van der Waals surface area contributed by atoms with E-state index in [2.05, 4.69) is 10.4 Å². The van der Waals surface area contributed by atoms with Crippen molar-refractivity contribution in [2.45, 2.75) is 29.7 Å². The number of nitrogens with zero attached hydrogens (tertiary/aromatic N) is 3. The van der Waals surface area contributed by atoms with Gasteiger partial charge in [0.05, 0.1) is 11.3 Å². The van der Waals surface area contributed by atoms with Crippen molar-refractivity contribution in [1.29, 1.82) is 0 Å². The van der Waals surface area contributed by atoms with Gasteiger partial charge in [0, 0.05) is 34.8 Å². The lowest BCUT2D eigenvalue weighted by Gasteiger charge is -2.27. The highest BCUT2D eigenvalue weighted by atomic mass is 32.2. The molecule has 0 saturated carbocycles. The van der Waals surface area contributed by atoms with Crippen LogP contribution in [0.1, 0.15) is 34.7 Å². The Morgan fingerprint density at radius 1 is 1.11 bits per heavy atom. The maximum absolute atomic E-state index is 13.1. The summed E-state index contributed by atoms with van der Waals surface area (Å²) in [6.45, 7) is 4.00. The summed E-state index contributed by atoms with van der Waals surface area (Å²) in [5.74, 6) is -0.237. The van der Waals surface area contributed by atoms with E-state index in [1.807, 2.05) is 56.3 Å². The van der Waals surface area contributed by atoms with E-state index in [0.29, 0.717) is 16.9 Å². The molecule has 0 spiro atoms. The highest BCUT2D eigenvalue weighted by Gasteiger charge is 2.29. The van der Waals surface area contributed by atoms with Gasteiger partial charge in [-0.1, -0.05) is 23.9 Å². The molecule has 28 heavy (non-hydrogen) atoms. The van der Waals surface area contributed by atoms with Crippen molar-refractivity contribution in [3.05, 3.63) is 66.0 Å². The fourth-order valence-electron chi connectivity index (χ4n) is 3.27. The molecular formula is C21H20N4O2S. The molecule has 3 aromatic rings. The number of fused-ring (bicyclic) bond motifs is 2. The van der Waals surface area contributed by atoms with Gasteiger partial charge < -0.3 is 10.2 Å². The lowest BCUT2D eigenvalue weighted by atomic mass is 10.1. The van der Waals surface area contributed by atoms with Gasteiger partial charge >= 0.3 is 0 Å².